The highest BCUT2D eigenvalue weighted by Gasteiger charge is 2.30. The van der Waals surface area contributed by atoms with Gasteiger partial charge in [-0.1, -0.05) is 0 Å². The monoisotopic (exact) mass is 466 g/mol. The van der Waals surface area contributed by atoms with Crippen LogP contribution in [-0.2, 0) is 11.2 Å². The van der Waals surface area contributed by atoms with Crippen molar-refractivity contribution in [1.82, 2.24) is 24.1 Å². The first-order valence-electron chi connectivity index (χ1n) is 11.4. The number of aliphatic hydroxyl groups is 1. The predicted molar refractivity (Wildman–Crippen MR) is 124 cm³/mol. The molecule has 0 aliphatic carbocycles. The predicted octanol–water partition coefficient (Wildman–Crippen LogP) is 3.19. The second-order valence-corrected chi connectivity index (χ2v) is 9.57. The van der Waals surface area contributed by atoms with Crippen molar-refractivity contribution in [2.24, 2.45) is 0 Å². The number of hydrogen-bond donors (Lipinski definition) is 2. The molecule has 0 atom stereocenters. The Balaban J connectivity index is 1.63. The van der Waals surface area contributed by atoms with E-state index in [1.54, 1.807) is 17.0 Å². The molecule has 1 saturated heterocycles. The van der Waals surface area contributed by atoms with E-state index in [-0.39, 0.29) is 30.3 Å². The number of carbonyl (C=O) groups excluding carboxylic acids is 1. The van der Waals surface area contributed by atoms with Gasteiger partial charge in [-0.3, -0.25) is 9.08 Å². The largest absolute Gasteiger partial charge is 0.494 e. The Labute approximate surface area is 198 Å². The summed E-state index contributed by atoms with van der Waals surface area (Å²) in [4.78, 5) is 18.4. The number of hydrogen-bond acceptors (Lipinski definition) is 7. The zero-order valence-electron chi connectivity index (χ0n) is 19.9. The lowest BCUT2D eigenvalue weighted by molar-refractivity contribution is 0.0184. The van der Waals surface area contributed by atoms with Crippen LogP contribution in [0, 0.1) is 18.3 Å². The molecule has 0 radical (unpaired) electrons. The van der Waals surface area contributed by atoms with Crippen molar-refractivity contribution in [3.8, 4) is 23.1 Å². The number of aliphatic hydroxyl groups excluding tert-OH is 1. The summed E-state index contributed by atoms with van der Waals surface area (Å²) in [6.07, 6.45) is 2.95. The van der Waals surface area contributed by atoms with Gasteiger partial charge < -0.3 is 19.8 Å². The van der Waals surface area contributed by atoms with Crippen LogP contribution >= 0.6 is 0 Å². The Bertz CT molecular complexity index is 1260. The second-order valence-electron chi connectivity index (χ2n) is 9.57. The van der Waals surface area contributed by atoms with Gasteiger partial charge in [0.2, 0.25) is 0 Å². The number of likely N-dealkylation sites (tertiary alicyclic amines) is 1. The van der Waals surface area contributed by atoms with Gasteiger partial charge in [-0.2, -0.15) is 10.4 Å². The van der Waals surface area contributed by atoms with Crippen LogP contribution in [0.5, 0.6) is 5.88 Å². The minimum atomic E-state index is -0.532. The summed E-state index contributed by atoms with van der Waals surface area (Å²) in [5.41, 5.74) is 3.37. The van der Waals surface area contributed by atoms with Crippen LogP contribution in [0.2, 0.25) is 0 Å². The molecule has 0 saturated carbocycles. The lowest BCUT2D eigenvalue weighted by atomic mass is 10.0. The van der Waals surface area contributed by atoms with Crippen LogP contribution in [0.15, 0.2) is 18.3 Å². The summed E-state index contributed by atoms with van der Waals surface area (Å²) in [5, 5.41) is 34.3. The Morgan fingerprint density at radius 2 is 2.00 bits per heavy atom. The van der Waals surface area contributed by atoms with E-state index in [2.05, 4.69) is 4.98 Å². The van der Waals surface area contributed by atoms with Gasteiger partial charge in [-0.15, -0.1) is 0 Å². The van der Waals surface area contributed by atoms with Crippen molar-refractivity contribution in [2.75, 3.05) is 19.7 Å². The van der Waals surface area contributed by atoms with Gasteiger partial charge in [0.25, 0.3) is 0 Å². The molecule has 1 aliphatic rings. The third-order valence-electron chi connectivity index (χ3n) is 6.02. The van der Waals surface area contributed by atoms with E-state index in [0.29, 0.717) is 25.2 Å². The quantitative estimate of drug-likeness (QED) is 0.604. The molecule has 3 aromatic heterocycles. The van der Waals surface area contributed by atoms with Crippen molar-refractivity contribution in [2.45, 2.75) is 58.6 Å². The van der Waals surface area contributed by atoms with Crippen molar-refractivity contribution in [3.05, 3.63) is 35.4 Å². The van der Waals surface area contributed by atoms with Crippen LogP contribution in [0.1, 0.15) is 56.7 Å². The fourth-order valence-electron chi connectivity index (χ4n) is 4.53. The first-order chi connectivity index (χ1) is 16.1. The van der Waals surface area contributed by atoms with Gasteiger partial charge in [0.1, 0.15) is 23.0 Å². The minimum Gasteiger partial charge on any atom is -0.494 e. The molecular weight excluding hydrogens is 436 g/mol. The SMILES string of the molecule is Cc1c(-c2cc(O)n3c(C#N)cnc3c2)c(CCO)nn1C1CCN(C(=O)OC(C)(C)C)CC1. The van der Waals surface area contributed by atoms with Crippen molar-refractivity contribution >= 4 is 11.7 Å². The maximum Gasteiger partial charge on any atom is 0.410 e. The fraction of sp³-hybridized carbons (Fsp3) is 0.500. The lowest BCUT2D eigenvalue weighted by Crippen LogP contribution is -2.42. The molecule has 4 rings (SSSR count). The van der Waals surface area contributed by atoms with Crippen molar-refractivity contribution in [3.63, 3.8) is 0 Å². The minimum absolute atomic E-state index is 0.0588. The zero-order valence-corrected chi connectivity index (χ0v) is 19.9. The molecule has 1 amide bonds. The Morgan fingerprint density at radius 3 is 2.62 bits per heavy atom. The van der Waals surface area contributed by atoms with E-state index in [9.17, 15) is 20.3 Å². The Morgan fingerprint density at radius 1 is 1.29 bits per heavy atom. The van der Waals surface area contributed by atoms with Gasteiger partial charge in [-0.05, 0) is 52.2 Å². The van der Waals surface area contributed by atoms with E-state index >= 15 is 0 Å². The molecule has 1 aliphatic heterocycles. The van der Waals surface area contributed by atoms with Gasteiger partial charge in [0.05, 0.1) is 17.9 Å². The molecule has 10 heteroatoms. The number of piperidine rings is 1. The smallest absolute Gasteiger partial charge is 0.410 e. The number of imidazole rings is 1. The summed E-state index contributed by atoms with van der Waals surface area (Å²) in [5.74, 6) is -0.0886. The first kappa shape index (κ1) is 23.6. The Hall–Kier alpha value is -3.58. The molecule has 10 nitrogen and oxygen atoms in total. The standard InChI is InChI=1S/C24H30N6O4/c1-15-22(16-11-20-26-14-18(13-25)29(20)21(32)12-16)19(7-10-31)27-30(15)17-5-8-28(9-6-17)23(33)34-24(2,3)4/h11-12,14,17,31-32H,5-10H2,1-4H3. The average molecular weight is 467 g/mol. The first-order valence-corrected chi connectivity index (χ1v) is 11.4. The molecule has 1 fully saturated rings. The Kier molecular flexibility index (Phi) is 6.23. The summed E-state index contributed by atoms with van der Waals surface area (Å²) in [6.45, 7) is 8.62. The van der Waals surface area contributed by atoms with Gasteiger partial charge in [0, 0.05) is 43.4 Å². The van der Waals surface area contributed by atoms with Gasteiger partial charge >= 0.3 is 6.09 Å². The van der Waals surface area contributed by atoms with Crippen LogP contribution in [-0.4, -0.2) is 65.7 Å². The number of rotatable bonds is 4. The second kappa shape index (κ2) is 8.99. The van der Waals surface area contributed by atoms with E-state index in [0.717, 1.165) is 35.4 Å². The summed E-state index contributed by atoms with van der Waals surface area (Å²) >= 11 is 0. The van der Waals surface area contributed by atoms with E-state index in [1.165, 1.54) is 10.6 Å². The third-order valence-corrected chi connectivity index (χ3v) is 6.02. The fourth-order valence-corrected chi connectivity index (χ4v) is 4.53. The van der Waals surface area contributed by atoms with E-state index in [1.807, 2.05) is 38.4 Å². The number of aromatic hydroxyl groups is 1. The number of nitrogens with zero attached hydrogens (tertiary/aromatic N) is 6. The molecule has 34 heavy (non-hydrogen) atoms. The van der Waals surface area contributed by atoms with Crippen LogP contribution in [0.3, 0.4) is 0 Å². The van der Waals surface area contributed by atoms with E-state index < -0.39 is 5.60 Å². The molecule has 4 heterocycles. The molecule has 3 aromatic rings. The maximum atomic E-state index is 12.4. The van der Waals surface area contributed by atoms with Crippen molar-refractivity contribution < 1.29 is 19.7 Å². The molecule has 0 bridgehead atoms. The average Bonchev–Trinajstić information content (AvgIpc) is 3.34. The molecule has 180 valence electrons. The number of ether oxygens (including phenoxy) is 1. The van der Waals surface area contributed by atoms with Gasteiger partial charge in [0.15, 0.2) is 5.88 Å². The van der Waals surface area contributed by atoms with E-state index in [4.69, 9.17) is 9.84 Å². The van der Waals surface area contributed by atoms with Crippen LogP contribution in [0.4, 0.5) is 4.79 Å². The topological polar surface area (TPSA) is 129 Å². The highest BCUT2D eigenvalue weighted by Crippen LogP contribution is 2.35. The number of aromatic nitrogens is 4. The number of amides is 1. The highest BCUT2D eigenvalue weighted by molar-refractivity contribution is 5.74. The molecular formula is C24H30N6O4. The zero-order chi connectivity index (χ0) is 24.6. The third kappa shape index (κ3) is 4.43. The summed E-state index contributed by atoms with van der Waals surface area (Å²) < 4.78 is 8.86. The normalized spacial score (nSPS) is 15.0. The molecule has 0 unspecified atom stereocenters. The van der Waals surface area contributed by atoms with Crippen LogP contribution in [0.25, 0.3) is 16.8 Å². The number of fused-ring (bicyclic) bond motifs is 1. The molecule has 0 aromatic carbocycles. The number of carbonyl (C=O) groups is 1. The van der Waals surface area contributed by atoms with Crippen molar-refractivity contribution in [1.29, 1.82) is 5.26 Å². The maximum absolute atomic E-state index is 12.4. The summed E-state index contributed by atoms with van der Waals surface area (Å²) in [6, 6.07) is 5.51. The molecule has 0 spiro atoms. The highest BCUT2D eigenvalue weighted by atomic mass is 16.6. The van der Waals surface area contributed by atoms with Gasteiger partial charge in [-0.25, -0.2) is 9.78 Å². The number of pyridine rings is 1. The number of nitriles is 1. The lowest BCUT2D eigenvalue weighted by Gasteiger charge is -2.34. The van der Waals surface area contributed by atoms with Crippen LogP contribution < -0.4 is 0 Å². The molecule has 2 N–H and O–H groups in total. The summed E-state index contributed by atoms with van der Waals surface area (Å²) in [7, 11) is 0.